The highest BCUT2D eigenvalue weighted by Gasteiger charge is 2.34. The third-order valence-electron chi connectivity index (χ3n) is 5.94. The molecule has 0 bridgehead atoms. The Hall–Kier alpha value is -2.80. The Kier molecular flexibility index (Phi) is 6.69. The quantitative estimate of drug-likeness (QED) is 0.470. The summed E-state index contributed by atoms with van der Waals surface area (Å²) in [7, 11) is 0. The van der Waals surface area contributed by atoms with E-state index in [-0.39, 0.29) is 11.8 Å². The van der Waals surface area contributed by atoms with Gasteiger partial charge in [0.05, 0.1) is 11.1 Å². The van der Waals surface area contributed by atoms with Gasteiger partial charge in [0, 0.05) is 45.1 Å². The van der Waals surface area contributed by atoms with Crippen molar-refractivity contribution in [3.05, 3.63) is 53.9 Å². The number of benzene rings is 1. The van der Waals surface area contributed by atoms with Gasteiger partial charge in [-0.05, 0) is 37.6 Å². The molecule has 7 nitrogen and oxygen atoms in total. The fourth-order valence-corrected chi connectivity index (χ4v) is 4.20. The fourth-order valence-electron chi connectivity index (χ4n) is 4.20. The highest BCUT2D eigenvalue weighted by Crippen LogP contribution is 2.23. The molecule has 3 heterocycles. The van der Waals surface area contributed by atoms with Gasteiger partial charge in [-0.15, -0.1) is 0 Å². The minimum Gasteiger partial charge on any atom is -0.338 e. The summed E-state index contributed by atoms with van der Waals surface area (Å²) in [5, 5.41) is 0. The number of piperazine rings is 1. The molecule has 0 unspecified atom stereocenters. The predicted molar refractivity (Wildman–Crippen MR) is 116 cm³/mol. The summed E-state index contributed by atoms with van der Waals surface area (Å²) < 4.78 is 0. The maximum atomic E-state index is 12.4. The van der Waals surface area contributed by atoms with Gasteiger partial charge in [-0.1, -0.05) is 31.4 Å². The van der Waals surface area contributed by atoms with Crippen LogP contribution in [0.4, 0.5) is 5.95 Å². The number of amides is 2. The van der Waals surface area contributed by atoms with Gasteiger partial charge in [0.2, 0.25) is 5.95 Å². The SMILES string of the molecule is O=C1c2ccccc2C(=O)N1CCCCCCCN1CCN(c2ncccn2)CC1. The van der Waals surface area contributed by atoms with Gasteiger partial charge in [-0.3, -0.25) is 19.4 Å². The highest BCUT2D eigenvalue weighted by molar-refractivity contribution is 6.21. The Morgan fingerprint density at radius 2 is 1.27 bits per heavy atom. The molecule has 0 spiro atoms. The number of nitrogens with zero attached hydrogens (tertiary/aromatic N) is 5. The minimum absolute atomic E-state index is 0.143. The largest absolute Gasteiger partial charge is 0.338 e. The Balaban J connectivity index is 1.07. The van der Waals surface area contributed by atoms with Gasteiger partial charge in [0.1, 0.15) is 0 Å². The first-order chi connectivity index (χ1) is 14.7. The van der Waals surface area contributed by atoms with Crippen LogP contribution in [0, 0.1) is 0 Å². The van der Waals surface area contributed by atoms with E-state index in [2.05, 4.69) is 19.8 Å². The third kappa shape index (κ3) is 4.67. The van der Waals surface area contributed by atoms with Crippen molar-refractivity contribution in [3.63, 3.8) is 0 Å². The van der Waals surface area contributed by atoms with E-state index >= 15 is 0 Å². The van der Waals surface area contributed by atoms with Crippen molar-refractivity contribution in [2.24, 2.45) is 0 Å². The summed E-state index contributed by atoms with van der Waals surface area (Å²) in [5.74, 6) is 0.543. The van der Waals surface area contributed by atoms with Crippen molar-refractivity contribution < 1.29 is 9.59 Å². The normalized spacial score (nSPS) is 16.9. The minimum atomic E-state index is -0.143. The molecule has 4 rings (SSSR count). The molecule has 0 aliphatic carbocycles. The van der Waals surface area contributed by atoms with Crippen LogP contribution < -0.4 is 4.90 Å². The van der Waals surface area contributed by atoms with Crippen LogP contribution in [-0.2, 0) is 0 Å². The number of aromatic nitrogens is 2. The Morgan fingerprint density at radius 1 is 0.700 bits per heavy atom. The molecule has 0 N–H and O–H groups in total. The molecule has 2 aromatic rings. The molecule has 1 aromatic carbocycles. The van der Waals surface area contributed by atoms with Crippen LogP contribution in [0.1, 0.15) is 52.8 Å². The lowest BCUT2D eigenvalue weighted by atomic mass is 10.1. The first-order valence-corrected chi connectivity index (χ1v) is 10.9. The number of hydrogen-bond donors (Lipinski definition) is 0. The lowest BCUT2D eigenvalue weighted by molar-refractivity contribution is 0.0651. The van der Waals surface area contributed by atoms with E-state index in [0.29, 0.717) is 17.7 Å². The monoisotopic (exact) mass is 407 g/mol. The molecule has 2 aliphatic rings. The van der Waals surface area contributed by atoms with Crippen LogP contribution in [0.25, 0.3) is 0 Å². The van der Waals surface area contributed by atoms with Gasteiger partial charge >= 0.3 is 0 Å². The summed E-state index contributed by atoms with van der Waals surface area (Å²) >= 11 is 0. The van der Waals surface area contributed by atoms with E-state index in [1.807, 2.05) is 18.2 Å². The lowest BCUT2D eigenvalue weighted by Gasteiger charge is -2.34. The molecule has 7 heteroatoms. The highest BCUT2D eigenvalue weighted by atomic mass is 16.2. The van der Waals surface area contributed by atoms with Crippen LogP contribution in [-0.4, -0.2) is 70.9 Å². The summed E-state index contributed by atoms with van der Waals surface area (Å²) in [6.07, 6.45) is 9.03. The molecule has 0 saturated carbocycles. The Labute approximate surface area is 177 Å². The summed E-state index contributed by atoms with van der Waals surface area (Å²) in [6, 6.07) is 8.94. The van der Waals surface area contributed by atoms with Crippen molar-refractivity contribution in [1.82, 2.24) is 19.8 Å². The molecule has 158 valence electrons. The summed E-state index contributed by atoms with van der Waals surface area (Å²) in [5.41, 5.74) is 1.09. The lowest BCUT2D eigenvalue weighted by Crippen LogP contribution is -2.47. The van der Waals surface area contributed by atoms with Gasteiger partial charge < -0.3 is 4.90 Å². The first-order valence-electron chi connectivity index (χ1n) is 10.9. The second kappa shape index (κ2) is 9.80. The third-order valence-corrected chi connectivity index (χ3v) is 5.94. The van der Waals surface area contributed by atoms with E-state index < -0.39 is 0 Å². The van der Waals surface area contributed by atoms with E-state index in [1.54, 1.807) is 24.5 Å². The summed E-state index contributed by atoms with van der Waals surface area (Å²) in [6.45, 7) is 5.71. The van der Waals surface area contributed by atoms with Crippen LogP contribution in [0.5, 0.6) is 0 Å². The first kappa shape index (κ1) is 20.5. The zero-order valence-corrected chi connectivity index (χ0v) is 17.4. The molecule has 30 heavy (non-hydrogen) atoms. The number of carbonyl (C=O) groups excluding carboxylic acids is 2. The molecular formula is C23H29N5O2. The maximum Gasteiger partial charge on any atom is 0.261 e. The van der Waals surface area contributed by atoms with Gasteiger partial charge in [0.25, 0.3) is 11.8 Å². The number of carbonyl (C=O) groups is 2. The van der Waals surface area contributed by atoms with Crippen LogP contribution in [0.3, 0.4) is 0 Å². The van der Waals surface area contributed by atoms with Crippen molar-refractivity contribution in [3.8, 4) is 0 Å². The van der Waals surface area contributed by atoms with E-state index in [9.17, 15) is 9.59 Å². The average Bonchev–Trinajstić information content (AvgIpc) is 3.04. The molecule has 0 radical (unpaired) electrons. The topological polar surface area (TPSA) is 69.6 Å². The second-order valence-electron chi connectivity index (χ2n) is 7.95. The van der Waals surface area contributed by atoms with Crippen LogP contribution >= 0.6 is 0 Å². The molecule has 1 fully saturated rings. The average molecular weight is 408 g/mol. The van der Waals surface area contributed by atoms with Gasteiger partial charge in [0.15, 0.2) is 0 Å². The Morgan fingerprint density at radius 3 is 1.90 bits per heavy atom. The number of imide groups is 1. The number of anilines is 1. The zero-order chi connectivity index (χ0) is 20.8. The Bertz CT molecular complexity index is 830. The van der Waals surface area contributed by atoms with E-state index in [4.69, 9.17) is 0 Å². The van der Waals surface area contributed by atoms with Crippen molar-refractivity contribution in [2.75, 3.05) is 44.2 Å². The van der Waals surface area contributed by atoms with Crippen molar-refractivity contribution in [1.29, 1.82) is 0 Å². The van der Waals surface area contributed by atoms with Gasteiger partial charge in [-0.25, -0.2) is 9.97 Å². The summed E-state index contributed by atoms with van der Waals surface area (Å²) in [4.78, 5) is 39.5. The van der Waals surface area contributed by atoms with Crippen LogP contribution in [0.15, 0.2) is 42.7 Å². The zero-order valence-electron chi connectivity index (χ0n) is 17.4. The molecule has 1 saturated heterocycles. The number of hydrogen-bond acceptors (Lipinski definition) is 6. The fraction of sp³-hybridized carbons (Fsp3) is 0.478. The maximum absolute atomic E-state index is 12.4. The number of unbranched alkanes of at least 4 members (excludes halogenated alkanes) is 4. The smallest absolute Gasteiger partial charge is 0.261 e. The molecule has 0 atom stereocenters. The van der Waals surface area contributed by atoms with Crippen LogP contribution in [0.2, 0.25) is 0 Å². The molecule has 2 amide bonds. The molecule has 1 aromatic heterocycles. The second-order valence-corrected chi connectivity index (χ2v) is 7.95. The van der Waals surface area contributed by atoms with Crippen molar-refractivity contribution in [2.45, 2.75) is 32.1 Å². The molecular weight excluding hydrogens is 378 g/mol. The standard InChI is InChI=1S/C23H29N5O2/c29-21-19-9-4-5-10-20(19)22(30)28(21)14-7-3-1-2-6-13-26-15-17-27(18-16-26)23-24-11-8-12-25-23/h4-5,8-12H,1-3,6-7,13-18H2. The van der Waals surface area contributed by atoms with Crippen molar-refractivity contribution >= 4 is 17.8 Å². The van der Waals surface area contributed by atoms with E-state index in [1.165, 1.54) is 17.7 Å². The number of rotatable bonds is 9. The van der Waals surface area contributed by atoms with Gasteiger partial charge in [-0.2, -0.15) is 0 Å². The molecule has 2 aliphatic heterocycles. The number of fused-ring (bicyclic) bond motifs is 1. The van der Waals surface area contributed by atoms with E-state index in [0.717, 1.165) is 57.9 Å². The predicted octanol–water partition coefficient (Wildman–Crippen LogP) is 2.85.